The van der Waals surface area contributed by atoms with Crippen molar-refractivity contribution in [2.75, 3.05) is 0 Å². The summed E-state index contributed by atoms with van der Waals surface area (Å²) in [6.45, 7) is 0. The molecular formula is C17H22FN4+. The van der Waals surface area contributed by atoms with E-state index in [-0.39, 0.29) is 11.2 Å². The zero-order valence-electron chi connectivity index (χ0n) is 12.5. The first kappa shape index (κ1) is 12.9. The smallest absolute Gasteiger partial charge is 0.276 e. The highest BCUT2D eigenvalue weighted by Gasteiger charge is 2.86. The Hall–Kier alpha value is -1.62. The minimum absolute atomic E-state index is 0.178. The average molecular weight is 301 g/mol. The van der Waals surface area contributed by atoms with Gasteiger partial charge < -0.3 is 0 Å². The quantitative estimate of drug-likeness (QED) is 0.268. The molecule has 1 aromatic rings. The van der Waals surface area contributed by atoms with Crippen molar-refractivity contribution in [3.63, 3.8) is 0 Å². The Morgan fingerprint density at radius 2 is 1.91 bits per heavy atom. The molecule has 5 rings (SSSR count). The number of nitrogens with two attached hydrogens (primary N) is 2. The van der Waals surface area contributed by atoms with Crippen molar-refractivity contribution in [1.82, 2.24) is 5.43 Å². The van der Waals surface area contributed by atoms with E-state index >= 15 is 0 Å². The largest absolute Gasteiger partial charge is 0.294 e. The lowest BCUT2D eigenvalue weighted by Gasteiger charge is -2.75. The number of hydrogen-bond donors (Lipinski definition) is 4. The van der Waals surface area contributed by atoms with Crippen molar-refractivity contribution in [3.05, 3.63) is 35.6 Å². The Labute approximate surface area is 129 Å². The highest BCUT2D eigenvalue weighted by molar-refractivity contribution is 5.91. The van der Waals surface area contributed by atoms with Gasteiger partial charge in [-0.05, 0) is 72.5 Å². The lowest BCUT2D eigenvalue weighted by atomic mass is 9.27. The molecule has 6 N–H and O–H groups in total. The van der Waals surface area contributed by atoms with Crippen LogP contribution in [0.5, 0.6) is 0 Å². The Balaban J connectivity index is 1.68. The number of rotatable bonds is 2. The van der Waals surface area contributed by atoms with E-state index in [9.17, 15) is 4.39 Å². The topological polar surface area (TPSA) is 78.0 Å². The number of hydrogen-bond acceptors (Lipinski definition) is 2. The maximum atomic E-state index is 13.4. The molecule has 0 saturated heterocycles. The first-order chi connectivity index (χ1) is 10.7. The minimum atomic E-state index is -0.199. The normalized spacial score (nSPS) is 47.6. The fourth-order valence-corrected chi connectivity index (χ4v) is 7.13. The summed E-state index contributed by atoms with van der Waals surface area (Å²) >= 11 is 0. The summed E-state index contributed by atoms with van der Waals surface area (Å²) < 4.78 is 13.4. The molecule has 116 valence electrons. The molecule has 0 radical (unpaired) electrons. The molecule has 22 heavy (non-hydrogen) atoms. The predicted molar refractivity (Wildman–Crippen MR) is 80.4 cm³/mol. The van der Waals surface area contributed by atoms with E-state index in [1.165, 1.54) is 25.7 Å². The summed E-state index contributed by atoms with van der Waals surface area (Å²) in [5, 5.41) is 2.82. The first-order valence-electron chi connectivity index (χ1n) is 8.24. The van der Waals surface area contributed by atoms with Crippen molar-refractivity contribution in [2.45, 2.75) is 31.1 Å². The molecule has 0 aromatic heterocycles. The third kappa shape index (κ3) is 1.09. The number of hydrazone groups is 1. The van der Waals surface area contributed by atoms with E-state index in [4.69, 9.17) is 11.7 Å². The molecule has 6 atom stereocenters. The number of hydrazine groups is 2. The second-order valence-electron chi connectivity index (χ2n) is 7.73. The highest BCUT2D eigenvalue weighted by atomic mass is 19.1. The second kappa shape index (κ2) is 3.82. The average Bonchev–Trinajstić information content (AvgIpc) is 3.03. The van der Waals surface area contributed by atoms with Gasteiger partial charge in [0.15, 0.2) is 0 Å². The predicted octanol–water partition coefficient (Wildman–Crippen LogP) is -0.0544. The molecule has 4 fully saturated rings. The van der Waals surface area contributed by atoms with Gasteiger partial charge in [0.25, 0.3) is 5.84 Å². The SMILES string of the molecule is NNC(=[NH+]N)C1(c2ccc(F)cc2)C2CC3CC4CC1C42C3. The van der Waals surface area contributed by atoms with Crippen LogP contribution >= 0.6 is 0 Å². The molecule has 4 nitrogen and oxygen atoms in total. The molecule has 0 amide bonds. The highest BCUT2D eigenvalue weighted by Crippen LogP contribution is 2.86. The standard InChI is InChI=1S/C17H21FN4/c18-12-3-1-10(2-4-12)17(15(21-19)22-20)13-6-9-5-11-7-14(17)16(11,13)8-9/h1-4,9,11,13-14H,5-8,19-20H2,(H,21,22)/p+1. The summed E-state index contributed by atoms with van der Waals surface area (Å²) in [4.78, 5) is 0. The summed E-state index contributed by atoms with van der Waals surface area (Å²) in [6.07, 6.45) is 5.28. The number of halogens is 1. The Kier molecular flexibility index (Phi) is 2.24. The fraction of sp³-hybridized carbons (Fsp3) is 0.588. The second-order valence-corrected chi connectivity index (χ2v) is 7.73. The van der Waals surface area contributed by atoms with Gasteiger partial charge in [-0.15, -0.1) is 0 Å². The van der Waals surface area contributed by atoms with E-state index in [0.717, 1.165) is 23.2 Å². The molecule has 2 bridgehead atoms. The van der Waals surface area contributed by atoms with Crippen molar-refractivity contribution >= 4 is 5.84 Å². The van der Waals surface area contributed by atoms with Gasteiger partial charge in [-0.3, -0.25) is 5.84 Å². The maximum Gasteiger partial charge on any atom is 0.294 e. The molecule has 4 saturated carbocycles. The molecule has 4 aliphatic rings. The molecule has 0 heterocycles. The summed E-state index contributed by atoms with van der Waals surface area (Å²) in [7, 11) is 0. The lowest BCUT2D eigenvalue weighted by Crippen LogP contribution is -2.92. The van der Waals surface area contributed by atoms with Crippen LogP contribution in [-0.4, -0.2) is 5.84 Å². The molecule has 5 heteroatoms. The van der Waals surface area contributed by atoms with Gasteiger partial charge in [0.05, 0.1) is 0 Å². The summed E-state index contributed by atoms with van der Waals surface area (Å²) in [5.41, 5.74) is 4.30. The van der Waals surface area contributed by atoms with Crippen LogP contribution in [-0.2, 0) is 5.41 Å². The minimum Gasteiger partial charge on any atom is -0.276 e. The van der Waals surface area contributed by atoms with E-state index in [0.29, 0.717) is 17.3 Å². The Morgan fingerprint density at radius 1 is 1.18 bits per heavy atom. The Morgan fingerprint density at radius 3 is 2.55 bits per heavy atom. The van der Waals surface area contributed by atoms with Gasteiger partial charge in [-0.2, -0.15) is 10.9 Å². The van der Waals surface area contributed by atoms with Crippen LogP contribution in [0.25, 0.3) is 0 Å². The van der Waals surface area contributed by atoms with Crippen LogP contribution in [0.1, 0.15) is 31.2 Å². The monoisotopic (exact) mass is 301 g/mol. The van der Waals surface area contributed by atoms with Crippen LogP contribution in [0.15, 0.2) is 24.3 Å². The van der Waals surface area contributed by atoms with Crippen LogP contribution in [0.3, 0.4) is 0 Å². The molecule has 1 aromatic carbocycles. The molecule has 1 spiro atoms. The molecule has 4 aliphatic carbocycles. The first-order valence-corrected chi connectivity index (χ1v) is 8.24. The van der Waals surface area contributed by atoms with Gasteiger partial charge in [0, 0.05) is 0 Å². The van der Waals surface area contributed by atoms with Crippen molar-refractivity contribution in [3.8, 4) is 0 Å². The van der Waals surface area contributed by atoms with Gasteiger partial charge in [-0.25, -0.2) is 9.82 Å². The third-order valence-corrected chi connectivity index (χ3v) is 7.53. The molecule has 0 aliphatic heterocycles. The van der Waals surface area contributed by atoms with Crippen LogP contribution < -0.4 is 22.2 Å². The van der Waals surface area contributed by atoms with Crippen molar-refractivity contribution in [2.24, 2.45) is 40.8 Å². The van der Waals surface area contributed by atoms with Gasteiger partial charge in [-0.1, -0.05) is 12.1 Å². The van der Waals surface area contributed by atoms with Gasteiger partial charge >= 0.3 is 0 Å². The Bertz CT molecular complexity index is 672. The third-order valence-electron chi connectivity index (χ3n) is 7.53. The van der Waals surface area contributed by atoms with Gasteiger partial charge in [0.1, 0.15) is 11.2 Å². The van der Waals surface area contributed by atoms with E-state index in [1.807, 2.05) is 12.1 Å². The van der Waals surface area contributed by atoms with E-state index < -0.39 is 0 Å². The van der Waals surface area contributed by atoms with Crippen LogP contribution in [0.4, 0.5) is 4.39 Å². The number of amidine groups is 1. The maximum absolute atomic E-state index is 13.4. The fourth-order valence-electron chi connectivity index (χ4n) is 7.13. The summed E-state index contributed by atoms with van der Waals surface area (Å²) in [6, 6.07) is 6.93. The molecular weight excluding hydrogens is 279 g/mol. The zero-order chi connectivity index (χ0) is 15.1. The molecule has 6 unspecified atom stereocenters. The van der Waals surface area contributed by atoms with Crippen molar-refractivity contribution in [1.29, 1.82) is 0 Å². The van der Waals surface area contributed by atoms with Gasteiger partial charge in [0.2, 0.25) is 0 Å². The number of nitrogens with one attached hydrogen (secondary N) is 2. The van der Waals surface area contributed by atoms with Crippen LogP contribution in [0, 0.1) is 34.9 Å². The van der Waals surface area contributed by atoms with Crippen molar-refractivity contribution < 1.29 is 9.49 Å². The summed E-state index contributed by atoms with van der Waals surface area (Å²) in [5.74, 6) is 15.1. The lowest BCUT2D eigenvalue weighted by molar-refractivity contribution is -0.480. The van der Waals surface area contributed by atoms with E-state index in [2.05, 4.69) is 10.5 Å². The number of benzene rings is 1. The number of fused-ring (bicyclic) bond motifs is 1. The zero-order valence-corrected chi connectivity index (χ0v) is 12.5. The van der Waals surface area contributed by atoms with Crippen LogP contribution in [0.2, 0.25) is 0 Å². The van der Waals surface area contributed by atoms with E-state index in [1.54, 1.807) is 12.1 Å².